The topological polar surface area (TPSA) is 29.1 Å². The minimum Gasteiger partial charge on any atom is -0.348 e. The standard InChI is InChI=1S/C12H14BrClFNO/c1-7(2)10(6-14)16-12(17)11-8(13)4-3-5-9(11)15/h3-5,7,10H,6H2,1-2H3,(H,16,17). The first-order valence-electron chi connectivity index (χ1n) is 5.28. The lowest BCUT2D eigenvalue weighted by atomic mass is 10.1. The number of rotatable bonds is 4. The fraction of sp³-hybridized carbons (Fsp3) is 0.417. The van der Waals surface area contributed by atoms with Gasteiger partial charge in [0.25, 0.3) is 5.91 Å². The van der Waals surface area contributed by atoms with Crippen LogP contribution in [0.1, 0.15) is 24.2 Å². The van der Waals surface area contributed by atoms with Gasteiger partial charge in [-0.25, -0.2) is 4.39 Å². The third kappa shape index (κ3) is 3.68. The number of nitrogens with one attached hydrogen (secondary N) is 1. The molecule has 0 spiro atoms. The van der Waals surface area contributed by atoms with Gasteiger partial charge in [-0.1, -0.05) is 19.9 Å². The monoisotopic (exact) mass is 321 g/mol. The molecular weight excluding hydrogens is 308 g/mol. The fourth-order valence-electron chi connectivity index (χ4n) is 1.34. The van der Waals surface area contributed by atoms with Crippen LogP contribution in [0.3, 0.4) is 0 Å². The Morgan fingerprint density at radius 2 is 2.18 bits per heavy atom. The number of hydrogen-bond acceptors (Lipinski definition) is 1. The average Bonchev–Trinajstić information content (AvgIpc) is 2.25. The van der Waals surface area contributed by atoms with Gasteiger partial charge in [-0.2, -0.15) is 0 Å². The van der Waals surface area contributed by atoms with Crippen molar-refractivity contribution in [3.8, 4) is 0 Å². The molecule has 0 aliphatic rings. The van der Waals surface area contributed by atoms with Gasteiger partial charge in [0, 0.05) is 16.4 Å². The van der Waals surface area contributed by atoms with Crippen LogP contribution in [-0.2, 0) is 0 Å². The Bertz CT molecular complexity index is 391. The second kappa shape index (κ2) is 6.36. The maximum Gasteiger partial charge on any atom is 0.255 e. The molecule has 5 heteroatoms. The molecule has 1 amide bonds. The first kappa shape index (κ1) is 14.5. The molecular formula is C12H14BrClFNO. The minimum atomic E-state index is -0.547. The van der Waals surface area contributed by atoms with E-state index >= 15 is 0 Å². The third-order valence-corrected chi connectivity index (χ3v) is 3.47. The van der Waals surface area contributed by atoms with Crippen LogP contribution in [0.25, 0.3) is 0 Å². The SMILES string of the molecule is CC(C)C(CCl)NC(=O)c1c(F)cccc1Br. The van der Waals surface area contributed by atoms with Crippen LogP contribution in [0.5, 0.6) is 0 Å². The first-order valence-corrected chi connectivity index (χ1v) is 6.61. The summed E-state index contributed by atoms with van der Waals surface area (Å²) >= 11 is 8.92. The summed E-state index contributed by atoms with van der Waals surface area (Å²) in [7, 11) is 0. The Labute approximate surface area is 114 Å². The van der Waals surface area contributed by atoms with Gasteiger partial charge in [0.05, 0.1) is 5.56 Å². The molecule has 0 radical (unpaired) electrons. The van der Waals surface area contributed by atoms with E-state index in [0.29, 0.717) is 10.4 Å². The van der Waals surface area contributed by atoms with Crippen molar-refractivity contribution in [3.63, 3.8) is 0 Å². The molecule has 0 aliphatic heterocycles. The van der Waals surface area contributed by atoms with E-state index in [1.165, 1.54) is 12.1 Å². The average molecular weight is 323 g/mol. The number of halogens is 3. The Kier molecular flexibility index (Phi) is 5.40. The largest absolute Gasteiger partial charge is 0.348 e. The summed E-state index contributed by atoms with van der Waals surface area (Å²) in [4.78, 5) is 11.9. The van der Waals surface area contributed by atoms with Crippen LogP contribution in [0, 0.1) is 11.7 Å². The van der Waals surface area contributed by atoms with E-state index in [1.807, 2.05) is 13.8 Å². The van der Waals surface area contributed by atoms with E-state index in [1.54, 1.807) is 6.07 Å². The highest BCUT2D eigenvalue weighted by atomic mass is 79.9. The highest BCUT2D eigenvalue weighted by Crippen LogP contribution is 2.20. The second-order valence-electron chi connectivity index (χ2n) is 4.07. The lowest BCUT2D eigenvalue weighted by Gasteiger charge is -2.20. The Balaban J connectivity index is 2.90. The van der Waals surface area contributed by atoms with Crippen molar-refractivity contribution >= 4 is 33.4 Å². The zero-order valence-electron chi connectivity index (χ0n) is 9.64. The van der Waals surface area contributed by atoms with E-state index in [-0.39, 0.29) is 17.5 Å². The summed E-state index contributed by atoms with van der Waals surface area (Å²) in [6.45, 7) is 3.90. The van der Waals surface area contributed by atoms with Gasteiger partial charge in [-0.15, -0.1) is 11.6 Å². The van der Waals surface area contributed by atoms with Gasteiger partial charge < -0.3 is 5.32 Å². The highest BCUT2D eigenvalue weighted by Gasteiger charge is 2.20. The zero-order valence-corrected chi connectivity index (χ0v) is 12.0. The zero-order chi connectivity index (χ0) is 13.0. The molecule has 0 aromatic heterocycles. The van der Waals surface area contributed by atoms with Crippen LogP contribution in [0.4, 0.5) is 4.39 Å². The predicted octanol–water partition coefficient (Wildman–Crippen LogP) is 3.58. The molecule has 1 unspecified atom stereocenters. The summed E-state index contributed by atoms with van der Waals surface area (Å²) in [5.74, 6) is -0.500. The van der Waals surface area contributed by atoms with E-state index in [0.717, 1.165) is 0 Å². The molecule has 2 nitrogen and oxygen atoms in total. The molecule has 1 rings (SSSR count). The van der Waals surface area contributed by atoms with Crippen LogP contribution >= 0.6 is 27.5 Å². The van der Waals surface area contributed by atoms with E-state index < -0.39 is 11.7 Å². The number of benzene rings is 1. The quantitative estimate of drug-likeness (QED) is 0.844. The van der Waals surface area contributed by atoms with Gasteiger partial charge in [-0.05, 0) is 34.0 Å². The summed E-state index contributed by atoms with van der Waals surface area (Å²) in [5, 5.41) is 2.72. The van der Waals surface area contributed by atoms with Crippen molar-refractivity contribution in [2.45, 2.75) is 19.9 Å². The fourth-order valence-corrected chi connectivity index (χ4v) is 2.29. The normalized spacial score (nSPS) is 12.6. The Hall–Kier alpha value is -0.610. The Morgan fingerprint density at radius 3 is 2.65 bits per heavy atom. The van der Waals surface area contributed by atoms with Crippen molar-refractivity contribution in [1.82, 2.24) is 5.32 Å². The van der Waals surface area contributed by atoms with Crippen molar-refractivity contribution in [1.29, 1.82) is 0 Å². The number of alkyl halides is 1. The molecule has 0 saturated heterocycles. The molecule has 1 N–H and O–H groups in total. The number of hydrogen-bond donors (Lipinski definition) is 1. The lowest BCUT2D eigenvalue weighted by Crippen LogP contribution is -2.40. The molecule has 0 aliphatic carbocycles. The van der Waals surface area contributed by atoms with Crippen molar-refractivity contribution < 1.29 is 9.18 Å². The Morgan fingerprint density at radius 1 is 1.53 bits per heavy atom. The van der Waals surface area contributed by atoms with Crippen LogP contribution in [0.2, 0.25) is 0 Å². The molecule has 17 heavy (non-hydrogen) atoms. The van der Waals surface area contributed by atoms with Gasteiger partial charge in [0.2, 0.25) is 0 Å². The van der Waals surface area contributed by atoms with Gasteiger partial charge in [0.15, 0.2) is 0 Å². The van der Waals surface area contributed by atoms with Crippen molar-refractivity contribution in [2.75, 3.05) is 5.88 Å². The van der Waals surface area contributed by atoms with Crippen LogP contribution in [0.15, 0.2) is 22.7 Å². The molecule has 0 fully saturated rings. The predicted molar refractivity (Wildman–Crippen MR) is 70.9 cm³/mol. The molecule has 1 atom stereocenters. The lowest BCUT2D eigenvalue weighted by molar-refractivity contribution is 0.0926. The molecule has 1 aromatic rings. The first-order chi connectivity index (χ1) is 7.97. The number of carbonyl (C=O) groups excluding carboxylic acids is 1. The third-order valence-electron chi connectivity index (χ3n) is 2.48. The van der Waals surface area contributed by atoms with Gasteiger partial charge >= 0.3 is 0 Å². The molecule has 94 valence electrons. The maximum atomic E-state index is 13.5. The van der Waals surface area contributed by atoms with E-state index in [9.17, 15) is 9.18 Å². The molecule has 0 bridgehead atoms. The minimum absolute atomic E-state index is 0.0169. The summed E-state index contributed by atoms with van der Waals surface area (Å²) < 4.78 is 14.0. The van der Waals surface area contributed by atoms with Crippen LogP contribution < -0.4 is 5.32 Å². The van der Waals surface area contributed by atoms with Gasteiger partial charge in [-0.3, -0.25) is 4.79 Å². The summed E-state index contributed by atoms with van der Waals surface area (Å²) in [6.07, 6.45) is 0. The molecule has 0 heterocycles. The molecule has 1 aromatic carbocycles. The summed E-state index contributed by atoms with van der Waals surface area (Å²) in [6, 6.07) is 4.25. The maximum absolute atomic E-state index is 13.5. The number of carbonyl (C=O) groups is 1. The highest BCUT2D eigenvalue weighted by molar-refractivity contribution is 9.10. The number of amides is 1. The molecule has 0 saturated carbocycles. The van der Waals surface area contributed by atoms with E-state index in [2.05, 4.69) is 21.2 Å². The van der Waals surface area contributed by atoms with E-state index in [4.69, 9.17) is 11.6 Å². The smallest absolute Gasteiger partial charge is 0.255 e. The summed E-state index contributed by atoms with van der Waals surface area (Å²) in [5.41, 5.74) is 0.0169. The second-order valence-corrected chi connectivity index (χ2v) is 5.24. The van der Waals surface area contributed by atoms with Crippen molar-refractivity contribution in [3.05, 3.63) is 34.1 Å². The van der Waals surface area contributed by atoms with Gasteiger partial charge in [0.1, 0.15) is 5.82 Å². The van der Waals surface area contributed by atoms with Crippen LogP contribution in [-0.4, -0.2) is 17.8 Å². The van der Waals surface area contributed by atoms with Crippen molar-refractivity contribution in [2.24, 2.45) is 5.92 Å².